The fourth-order valence-electron chi connectivity index (χ4n) is 2.01. The normalized spacial score (nSPS) is 13.6. The van der Waals surface area contributed by atoms with Crippen LogP contribution in [-0.4, -0.2) is 71.8 Å². The highest BCUT2D eigenvalue weighted by Gasteiger charge is 2.28. The van der Waals surface area contributed by atoms with Gasteiger partial charge in [-0.3, -0.25) is 14.4 Å². The van der Waals surface area contributed by atoms with Gasteiger partial charge in [-0.1, -0.05) is 0 Å². The maximum absolute atomic E-state index is 12.3. The Labute approximate surface area is 155 Å². The summed E-state index contributed by atoms with van der Waals surface area (Å²) in [5.74, 6) is -4.47. The molecule has 0 radical (unpaired) electrons. The number of amides is 3. The number of nitrogens with two attached hydrogens (primary N) is 1. The molecular formula is C15H26N4O8. The molecule has 3 amide bonds. The first kappa shape index (κ1) is 24.1. The van der Waals surface area contributed by atoms with Gasteiger partial charge < -0.3 is 36.6 Å². The predicted molar refractivity (Wildman–Crippen MR) is 91.7 cm³/mol. The van der Waals surface area contributed by atoms with Crippen LogP contribution in [0.15, 0.2) is 0 Å². The third-order valence-electron chi connectivity index (χ3n) is 3.49. The number of rotatable bonds is 12. The van der Waals surface area contributed by atoms with Gasteiger partial charge in [-0.25, -0.2) is 9.59 Å². The molecule has 27 heavy (non-hydrogen) atoms. The van der Waals surface area contributed by atoms with E-state index in [1.165, 1.54) is 6.92 Å². The van der Waals surface area contributed by atoms with E-state index in [1.807, 2.05) is 5.32 Å². The lowest BCUT2D eigenvalue weighted by atomic mass is 10.1. The summed E-state index contributed by atoms with van der Waals surface area (Å²) in [6.07, 6.45) is -0.222. The standard InChI is InChI=1S/C15H26N4O8/c1-8(12(22)18-10(14(24)25)7-11(20)21)17-13(23)9(5-3-4-6-16)19-15(26)27-2/h8-10H,3-7,16H2,1-2H3,(H,17,23)(H,18,22)(H,19,26)(H,20,21)(H,24,25)/t8-,9-,10-/m0/s1. The first-order valence-electron chi connectivity index (χ1n) is 8.22. The van der Waals surface area contributed by atoms with E-state index in [9.17, 15) is 24.0 Å². The third-order valence-corrected chi connectivity index (χ3v) is 3.49. The summed E-state index contributed by atoms with van der Waals surface area (Å²) in [4.78, 5) is 57.3. The average molecular weight is 390 g/mol. The van der Waals surface area contributed by atoms with Crippen LogP contribution in [0.25, 0.3) is 0 Å². The summed E-state index contributed by atoms with van der Waals surface area (Å²) >= 11 is 0. The lowest BCUT2D eigenvalue weighted by molar-refractivity contribution is -0.147. The van der Waals surface area contributed by atoms with Crippen molar-refractivity contribution >= 4 is 29.8 Å². The van der Waals surface area contributed by atoms with Crippen LogP contribution < -0.4 is 21.7 Å². The van der Waals surface area contributed by atoms with Gasteiger partial charge >= 0.3 is 18.0 Å². The highest BCUT2D eigenvalue weighted by molar-refractivity contribution is 5.93. The van der Waals surface area contributed by atoms with E-state index in [0.717, 1.165) is 7.11 Å². The number of hydrogen-bond donors (Lipinski definition) is 6. The Kier molecular flexibility index (Phi) is 11.1. The molecule has 0 aliphatic heterocycles. The number of nitrogens with one attached hydrogen (secondary N) is 3. The number of carbonyl (C=O) groups excluding carboxylic acids is 3. The Hall–Kier alpha value is -2.89. The molecule has 0 aliphatic carbocycles. The lowest BCUT2D eigenvalue weighted by Gasteiger charge is -2.21. The Morgan fingerprint density at radius 3 is 2.07 bits per heavy atom. The molecule has 0 bridgehead atoms. The number of methoxy groups -OCH3 is 1. The monoisotopic (exact) mass is 390 g/mol. The van der Waals surface area contributed by atoms with E-state index in [2.05, 4.69) is 15.4 Å². The average Bonchev–Trinajstić information content (AvgIpc) is 2.59. The van der Waals surface area contributed by atoms with E-state index in [4.69, 9.17) is 15.9 Å². The molecule has 7 N–H and O–H groups in total. The zero-order valence-electron chi connectivity index (χ0n) is 15.2. The summed E-state index contributed by atoms with van der Waals surface area (Å²) in [5, 5.41) is 24.3. The van der Waals surface area contributed by atoms with Gasteiger partial charge in [0.15, 0.2) is 0 Å². The molecule has 0 aromatic heterocycles. The van der Waals surface area contributed by atoms with Crippen molar-refractivity contribution in [1.82, 2.24) is 16.0 Å². The van der Waals surface area contributed by atoms with Crippen LogP contribution in [0, 0.1) is 0 Å². The Morgan fingerprint density at radius 1 is 0.963 bits per heavy atom. The van der Waals surface area contributed by atoms with E-state index in [1.54, 1.807) is 0 Å². The molecule has 0 aromatic rings. The largest absolute Gasteiger partial charge is 0.481 e. The molecule has 12 nitrogen and oxygen atoms in total. The first-order chi connectivity index (χ1) is 12.6. The number of alkyl carbamates (subject to hydrolysis) is 1. The molecule has 0 aromatic carbocycles. The number of ether oxygens (including phenoxy) is 1. The fraction of sp³-hybridized carbons (Fsp3) is 0.667. The van der Waals surface area contributed by atoms with Gasteiger partial charge in [0.2, 0.25) is 11.8 Å². The van der Waals surface area contributed by atoms with E-state index in [0.29, 0.717) is 19.4 Å². The fourth-order valence-corrected chi connectivity index (χ4v) is 2.01. The molecule has 0 unspecified atom stereocenters. The summed E-state index contributed by atoms with van der Waals surface area (Å²) in [7, 11) is 1.13. The maximum atomic E-state index is 12.3. The van der Waals surface area contributed by atoms with Crippen molar-refractivity contribution < 1.29 is 38.9 Å². The molecule has 12 heteroatoms. The van der Waals surface area contributed by atoms with Gasteiger partial charge in [-0.15, -0.1) is 0 Å². The first-order valence-corrected chi connectivity index (χ1v) is 8.22. The quantitative estimate of drug-likeness (QED) is 0.212. The minimum absolute atomic E-state index is 0.253. The predicted octanol–water partition coefficient (Wildman–Crippen LogP) is -1.61. The number of aliphatic carboxylic acids is 2. The lowest BCUT2D eigenvalue weighted by Crippen LogP contribution is -2.55. The Morgan fingerprint density at radius 2 is 1.59 bits per heavy atom. The second kappa shape index (κ2) is 12.5. The summed E-state index contributed by atoms with van der Waals surface area (Å²) in [5.41, 5.74) is 5.39. The molecule has 0 fully saturated rings. The molecule has 0 saturated heterocycles. The minimum Gasteiger partial charge on any atom is -0.481 e. The topological polar surface area (TPSA) is 197 Å². The van der Waals surface area contributed by atoms with E-state index in [-0.39, 0.29) is 6.42 Å². The molecule has 0 aliphatic rings. The molecular weight excluding hydrogens is 364 g/mol. The second-order valence-electron chi connectivity index (χ2n) is 5.70. The molecule has 154 valence electrons. The number of unbranched alkanes of at least 4 members (excludes halogenated alkanes) is 1. The molecule has 0 saturated carbocycles. The van der Waals surface area contributed by atoms with Crippen molar-refractivity contribution in [3.63, 3.8) is 0 Å². The van der Waals surface area contributed by atoms with Crippen molar-refractivity contribution in [2.45, 2.75) is 50.7 Å². The van der Waals surface area contributed by atoms with Crippen LogP contribution in [0.3, 0.4) is 0 Å². The smallest absolute Gasteiger partial charge is 0.407 e. The molecule has 0 heterocycles. The van der Waals surface area contributed by atoms with Gasteiger partial charge in [0.05, 0.1) is 13.5 Å². The van der Waals surface area contributed by atoms with Crippen molar-refractivity contribution in [2.24, 2.45) is 5.73 Å². The zero-order chi connectivity index (χ0) is 21.0. The van der Waals surface area contributed by atoms with Crippen molar-refractivity contribution in [2.75, 3.05) is 13.7 Å². The van der Waals surface area contributed by atoms with Crippen LogP contribution in [0.5, 0.6) is 0 Å². The van der Waals surface area contributed by atoms with Crippen molar-refractivity contribution in [1.29, 1.82) is 0 Å². The van der Waals surface area contributed by atoms with Crippen molar-refractivity contribution in [3.05, 3.63) is 0 Å². The highest BCUT2D eigenvalue weighted by Crippen LogP contribution is 2.02. The van der Waals surface area contributed by atoms with Crippen LogP contribution in [-0.2, 0) is 23.9 Å². The number of carboxylic acid groups (broad SMARTS) is 2. The summed E-state index contributed by atoms with van der Waals surface area (Å²) in [6.45, 7) is 1.70. The van der Waals surface area contributed by atoms with Gasteiger partial charge in [-0.2, -0.15) is 0 Å². The van der Waals surface area contributed by atoms with E-state index >= 15 is 0 Å². The number of carbonyl (C=O) groups is 5. The van der Waals surface area contributed by atoms with Crippen LogP contribution in [0.4, 0.5) is 4.79 Å². The second-order valence-corrected chi connectivity index (χ2v) is 5.70. The third kappa shape index (κ3) is 9.99. The van der Waals surface area contributed by atoms with Crippen LogP contribution in [0.1, 0.15) is 32.6 Å². The summed E-state index contributed by atoms with van der Waals surface area (Å²) in [6, 6.07) is -3.78. The molecule has 0 spiro atoms. The summed E-state index contributed by atoms with van der Waals surface area (Å²) < 4.78 is 4.45. The zero-order valence-corrected chi connectivity index (χ0v) is 15.2. The highest BCUT2D eigenvalue weighted by atomic mass is 16.5. The van der Waals surface area contributed by atoms with E-state index < -0.39 is 54.4 Å². The van der Waals surface area contributed by atoms with Crippen LogP contribution >= 0.6 is 0 Å². The Balaban J connectivity index is 4.86. The van der Waals surface area contributed by atoms with Gasteiger partial charge in [0.1, 0.15) is 18.1 Å². The van der Waals surface area contributed by atoms with Crippen LogP contribution in [0.2, 0.25) is 0 Å². The van der Waals surface area contributed by atoms with Gasteiger partial charge in [-0.05, 0) is 32.7 Å². The molecule has 0 rings (SSSR count). The SMILES string of the molecule is COC(=O)N[C@@H](CCCCN)C(=O)N[C@@H](C)C(=O)N[C@@H](CC(=O)O)C(=O)O. The van der Waals surface area contributed by atoms with Gasteiger partial charge in [0.25, 0.3) is 0 Å². The van der Waals surface area contributed by atoms with Crippen molar-refractivity contribution in [3.8, 4) is 0 Å². The number of hydrogen-bond acceptors (Lipinski definition) is 7. The maximum Gasteiger partial charge on any atom is 0.407 e. The minimum atomic E-state index is -1.64. The Bertz CT molecular complexity index is 554. The van der Waals surface area contributed by atoms with Gasteiger partial charge in [0, 0.05) is 0 Å². The molecule has 3 atom stereocenters. The number of carboxylic acids is 2.